The molecule has 4 unspecified atom stereocenters. The fourth-order valence-corrected chi connectivity index (χ4v) is 3.75. The summed E-state index contributed by atoms with van der Waals surface area (Å²) < 4.78 is 5.61. The average molecular weight is 268 g/mol. The quantitative estimate of drug-likeness (QED) is 0.851. The van der Waals surface area contributed by atoms with E-state index in [2.05, 4.69) is 25.7 Å². The van der Waals surface area contributed by atoms with E-state index in [1.54, 1.807) is 0 Å². The molecule has 0 aromatic heterocycles. The Balaban J connectivity index is 1.91. The molecule has 1 saturated heterocycles. The number of ether oxygens (including phenoxy) is 1. The maximum atomic E-state index is 6.39. The van der Waals surface area contributed by atoms with Gasteiger partial charge < -0.3 is 10.5 Å². The van der Waals surface area contributed by atoms with Gasteiger partial charge in [-0.3, -0.25) is 4.90 Å². The first-order valence-corrected chi connectivity index (χ1v) is 8.19. The number of nitrogens with zero attached hydrogens (tertiary/aromatic N) is 1. The molecule has 0 radical (unpaired) electrons. The zero-order valence-electron chi connectivity index (χ0n) is 13.0. The zero-order valence-corrected chi connectivity index (χ0v) is 13.0. The Morgan fingerprint density at radius 1 is 1.32 bits per heavy atom. The van der Waals surface area contributed by atoms with Crippen molar-refractivity contribution >= 4 is 0 Å². The highest BCUT2D eigenvalue weighted by molar-refractivity contribution is 4.87. The molecule has 0 spiro atoms. The number of rotatable bonds is 4. The van der Waals surface area contributed by atoms with E-state index in [4.69, 9.17) is 10.5 Å². The molecule has 3 nitrogen and oxygen atoms in total. The van der Waals surface area contributed by atoms with Crippen LogP contribution in [0.5, 0.6) is 0 Å². The lowest BCUT2D eigenvalue weighted by Crippen LogP contribution is -2.51. The lowest BCUT2D eigenvalue weighted by Gasteiger charge is -2.42. The van der Waals surface area contributed by atoms with Gasteiger partial charge in [-0.2, -0.15) is 0 Å². The Hall–Kier alpha value is -0.120. The molecule has 0 aromatic carbocycles. The third-order valence-electron chi connectivity index (χ3n) is 5.31. The molecule has 1 heterocycles. The van der Waals surface area contributed by atoms with Gasteiger partial charge in [0.25, 0.3) is 0 Å². The molecule has 112 valence electrons. The van der Waals surface area contributed by atoms with Gasteiger partial charge in [-0.15, -0.1) is 0 Å². The minimum Gasteiger partial charge on any atom is -0.378 e. The van der Waals surface area contributed by atoms with E-state index in [9.17, 15) is 0 Å². The summed E-state index contributed by atoms with van der Waals surface area (Å²) in [5.74, 6) is 2.38. The SMILES string of the molecule is CCC1COCCN1CC1CC(C(C)C)CCC1N. The minimum atomic E-state index is 0.412. The van der Waals surface area contributed by atoms with Gasteiger partial charge in [0.1, 0.15) is 0 Å². The maximum Gasteiger partial charge on any atom is 0.0622 e. The molecule has 19 heavy (non-hydrogen) atoms. The second-order valence-electron chi connectivity index (χ2n) is 6.87. The first-order valence-electron chi connectivity index (χ1n) is 8.19. The molecule has 0 amide bonds. The van der Waals surface area contributed by atoms with Crippen LogP contribution in [0, 0.1) is 17.8 Å². The number of hydrogen-bond donors (Lipinski definition) is 1. The summed E-state index contributed by atoms with van der Waals surface area (Å²) in [5.41, 5.74) is 6.39. The smallest absolute Gasteiger partial charge is 0.0622 e. The highest BCUT2D eigenvalue weighted by Crippen LogP contribution is 2.34. The molecular weight excluding hydrogens is 236 g/mol. The van der Waals surface area contributed by atoms with Crippen molar-refractivity contribution in [3.63, 3.8) is 0 Å². The Kier molecular flexibility index (Phi) is 5.67. The number of nitrogens with two attached hydrogens (primary N) is 1. The van der Waals surface area contributed by atoms with Gasteiger partial charge in [0, 0.05) is 25.2 Å². The van der Waals surface area contributed by atoms with Crippen LogP contribution in [0.4, 0.5) is 0 Å². The monoisotopic (exact) mass is 268 g/mol. The molecule has 4 atom stereocenters. The molecule has 2 fully saturated rings. The summed E-state index contributed by atoms with van der Waals surface area (Å²) in [4.78, 5) is 2.64. The average Bonchev–Trinajstić information content (AvgIpc) is 2.41. The van der Waals surface area contributed by atoms with E-state index in [1.807, 2.05) is 0 Å². The predicted molar refractivity (Wildman–Crippen MR) is 80.1 cm³/mol. The molecule has 1 aliphatic heterocycles. The molecule has 2 rings (SSSR count). The predicted octanol–water partition coefficient (Wildman–Crippen LogP) is 2.50. The highest BCUT2D eigenvalue weighted by Gasteiger charge is 2.32. The van der Waals surface area contributed by atoms with Gasteiger partial charge in [0.2, 0.25) is 0 Å². The number of hydrogen-bond acceptors (Lipinski definition) is 3. The summed E-state index contributed by atoms with van der Waals surface area (Å²) >= 11 is 0. The van der Waals surface area contributed by atoms with Crippen LogP contribution >= 0.6 is 0 Å². The second-order valence-corrected chi connectivity index (χ2v) is 6.87. The van der Waals surface area contributed by atoms with Gasteiger partial charge >= 0.3 is 0 Å². The van der Waals surface area contributed by atoms with Crippen LogP contribution in [0.1, 0.15) is 46.5 Å². The van der Waals surface area contributed by atoms with E-state index in [1.165, 1.54) is 32.2 Å². The van der Waals surface area contributed by atoms with E-state index in [-0.39, 0.29) is 0 Å². The van der Waals surface area contributed by atoms with E-state index >= 15 is 0 Å². The van der Waals surface area contributed by atoms with E-state index in [0.29, 0.717) is 18.0 Å². The first kappa shape index (κ1) is 15.3. The molecule has 3 heteroatoms. The van der Waals surface area contributed by atoms with Crippen LogP contribution in [0.3, 0.4) is 0 Å². The van der Waals surface area contributed by atoms with Crippen molar-refractivity contribution < 1.29 is 4.74 Å². The van der Waals surface area contributed by atoms with Crippen molar-refractivity contribution in [3.05, 3.63) is 0 Å². The van der Waals surface area contributed by atoms with Gasteiger partial charge in [-0.25, -0.2) is 0 Å². The standard InChI is InChI=1S/C16H32N2O/c1-4-15-11-19-8-7-18(15)10-14-9-13(12(2)3)5-6-16(14)17/h12-16H,4-11,17H2,1-3H3. The summed E-state index contributed by atoms with van der Waals surface area (Å²) in [7, 11) is 0. The fourth-order valence-electron chi connectivity index (χ4n) is 3.75. The van der Waals surface area contributed by atoms with Gasteiger partial charge in [0.05, 0.1) is 13.2 Å². The second kappa shape index (κ2) is 7.05. The summed E-state index contributed by atoms with van der Waals surface area (Å²) in [6, 6.07) is 1.02. The fraction of sp³-hybridized carbons (Fsp3) is 1.00. The van der Waals surface area contributed by atoms with Crippen LogP contribution in [-0.4, -0.2) is 43.3 Å². The molecule has 0 bridgehead atoms. The normalized spacial score (nSPS) is 37.7. The van der Waals surface area contributed by atoms with Gasteiger partial charge in [0.15, 0.2) is 0 Å². The van der Waals surface area contributed by atoms with Gasteiger partial charge in [-0.1, -0.05) is 20.8 Å². The summed E-state index contributed by atoms with van der Waals surface area (Å²) in [6.07, 6.45) is 5.06. The topological polar surface area (TPSA) is 38.5 Å². The van der Waals surface area contributed by atoms with E-state index in [0.717, 1.165) is 31.6 Å². The Labute approximate surface area is 118 Å². The Morgan fingerprint density at radius 3 is 2.79 bits per heavy atom. The first-order chi connectivity index (χ1) is 9.11. The van der Waals surface area contributed by atoms with Crippen molar-refractivity contribution in [2.75, 3.05) is 26.3 Å². The molecule has 1 saturated carbocycles. The molecule has 1 aliphatic carbocycles. The minimum absolute atomic E-state index is 0.412. The van der Waals surface area contributed by atoms with Crippen LogP contribution in [0.15, 0.2) is 0 Å². The molecular formula is C16H32N2O. The van der Waals surface area contributed by atoms with Crippen molar-refractivity contribution in [2.24, 2.45) is 23.5 Å². The van der Waals surface area contributed by atoms with Crippen LogP contribution in [0.25, 0.3) is 0 Å². The molecule has 2 N–H and O–H groups in total. The molecule has 2 aliphatic rings. The highest BCUT2D eigenvalue weighted by atomic mass is 16.5. The maximum absolute atomic E-state index is 6.39. The number of morpholine rings is 1. The van der Waals surface area contributed by atoms with Crippen molar-refractivity contribution in [1.82, 2.24) is 4.90 Å². The van der Waals surface area contributed by atoms with Crippen molar-refractivity contribution in [3.8, 4) is 0 Å². The lowest BCUT2D eigenvalue weighted by molar-refractivity contribution is -0.0219. The lowest BCUT2D eigenvalue weighted by atomic mass is 9.73. The summed E-state index contributed by atoms with van der Waals surface area (Å²) in [6.45, 7) is 11.1. The Morgan fingerprint density at radius 2 is 2.11 bits per heavy atom. The van der Waals surface area contributed by atoms with Crippen LogP contribution < -0.4 is 5.73 Å². The zero-order chi connectivity index (χ0) is 13.8. The Bertz CT molecular complexity index is 269. The van der Waals surface area contributed by atoms with Crippen molar-refractivity contribution in [2.45, 2.75) is 58.5 Å². The van der Waals surface area contributed by atoms with Gasteiger partial charge in [-0.05, 0) is 43.4 Å². The van der Waals surface area contributed by atoms with Crippen molar-refractivity contribution in [1.29, 1.82) is 0 Å². The third kappa shape index (κ3) is 3.93. The summed E-state index contributed by atoms with van der Waals surface area (Å²) in [5, 5.41) is 0. The van der Waals surface area contributed by atoms with Crippen LogP contribution in [-0.2, 0) is 4.74 Å². The van der Waals surface area contributed by atoms with E-state index < -0.39 is 0 Å². The molecule has 0 aromatic rings. The third-order valence-corrected chi connectivity index (χ3v) is 5.31. The van der Waals surface area contributed by atoms with Crippen LogP contribution in [0.2, 0.25) is 0 Å². The largest absolute Gasteiger partial charge is 0.378 e.